The lowest BCUT2D eigenvalue weighted by Gasteiger charge is -2.73. The third kappa shape index (κ3) is 6.05. The molecule has 7 aliphatic carbocycles. The molecule has 3 unspecified atom stereocenters. The summed E-state index contributed by atoms with van der Waals surface area (Å²) in [6.07, 6.45) is 17.2. The first-order valence-corrected chi connectivity index (χ1v) is 23.5. The highest BCUT2D eigenvalue weighted by Gasteiger charge is 2.74. The highest BCUT2D eigenvalue weighted by Crippen LogP contribution is 2.79. The minimum absolute atomic E-state index is 0.00607. The van der Waals surface area contributed by atoms with Gasteiger partial charge in [0.05, 0.1) is 17.3 Å². The summed E-state index contributed by atoms with van der Waals surface area (Å²) in [6.45, 7) is 24.5. The van der Waals surface area contributed by atoms with Crippen molar-refractivity contribution < 1.29 is 29.0 Å². The van der Waals surface area contributed by atoms with Crippen molar-refractivity contribution in [3.05, 3.63) is 0 Å². The van der Waals surface area contributed by atoms with E-state index in [9.17, 15) is 19.5 Å². The highest BCUT2D eigenvalue weighted by atomic mass is 16.5. The average molecular weight is 791 g/mol. The number of likely N-dealkylation sites (tertiary alicyclic amines) is 1. The number of rotatable bonds is 8. The lowest BCUT2D eigenvalue weighted by Crippen LogP contribution is -2.68. The Kier molecular flexibility index (Phi) is 9.81. The van der Waals surface area contributed by atoms with Crippen LogP contribution in [0.15, 0.2) is 0 Å². The van der Waals surface area contributed by atoms with Gasteiger partial charge in [0.1, 0.15) is 6.10 Å². The summed E-state index contributed by atoms with van der Waals surface area (Å²) in [5, 5.41) is 13.4. The Morgan fingerprint density at radius 2 is 1.40 bits per heavy atom. The van der Waals surface area contributed by atoms with Crippen molar-refractivity contribution in [2.75, 3.05) is 13.1 Å². The summed E-state index contributed by atoms with van der Waals surface area (Å²) in [4.78, 5) is 55.9. The van der Waals surface area contributed by atoms with Gasteiger partial charge in [0.25, 0.3) is 0 Å². The first kappa shape index (κ1) is 41.6. The van der Waals surface area contributed by atoms with Crippen molar-refractivity contribution >= 4 is 23.8 Å². The molecule has 1 saturated heterocycles. The van der Waals surface area contributed by atoms with Crippen LogP contribution in [0.3, 0.4) is 0 Å². The second-order valence-corrected chi connectivity index (χ2v) is 24.4. The standard InChI is InChI=1S/C49H78N2O6/c1-42(2,41(55)56)29-37(52)57-36-18-19-46(8)33(44(36,5)6)17-20-48(10)34(46)15-14-31-38-30(45(7)22-23-45)16-21-49(38,25-24-47(31,48)9)40(54)50-35-28-32(43(35,3)4)39(53)51-26-12-11-13-27-51/h30-36,38H,11-29H2,1-10H3,(H,50,54)(H,55,56)/t30-,31-,32?,33+,34-,35?,36+,38?,46+,47-,48-,49+/m1/s1. The molecule has 0 bridgehead atoms. The number of carboxylic acids is 1. The summed E-state index contributed by atoms with van der Waals surface area (Å²) in [7, 11) is 0. The zero-order valence-corrected chi connectivity index (χ0v) is 37.5. The predicted molar refractivity (Wildman–Crippen MR) is 222 cm³/mol. The average Bonchev–Trinajstić information content (AvgIpc) is 3.75. The maximum Gasteiger partial charge on any atom is 0.309 e. The van der Waals surface area contributed by atoms with Crippen LogP contribution in [0.1, 0.15) is 178 Å². The Morgan fingerprint density at radius 3 is 2.04 bits per heavy atom. The van der Waals surface area contributed by atoms with Crippen LogP contribution in [-0.2, 0) is 23.9 Å². The molecule has 0 spiro atoms. The first-order chi connectivity index (χ1) is 26.5. The number of carboxylic acid groups (broad SMARTS) is 1. The van der Waals surface area contributed by atoms with E-state index < -0.39 is 17.4 Å². The van der Waals surface area contributed by atoms with Gasteiger partial charge in [-0.1, -0.05) is 55.4 Å². The smallest absolute Gasteiger partial charge is 0.309 e. The number of nitrogens with one attached hydrogen (secondary N) is 1. The van der Waals surface area contributed by atoms with Crippen molar-refractivity contribution in [2.45, 2.75) is 191 Å². The van der Waals surface area contributed by atoms with Crippen LogP contribution in [0.5, 0.6) is 0 Å². The van der Waals surface area contributed by atoms with E-state index >= 15 is 4.79 Å². The third-order valence-corrected chi connectivity index (χ3v) is 20.7. The molecule has 2 N–H and O–H groups in total. The Labute approximate surface area is 344 Å². The van der Waals surface area contributed by atoms with E-state index in [0.29, 0.717) is 46.8 Å². The van der Waals surface area contributed by atoms with E-state index in [2.05, 4.69) is 65.6 Å². The molecule has 8 nitrogen and oxygen atoms in total. The Hall–Kier alpha value is -2.12. The van der Waals surface area contributed by atoms with E-state index in [1.807, 2.05) is 0 Å². The summed E-state index contributed by atoms with van der Waals surface area (Å²) in [5.41, 5.74) is -1.14. The predicted octanol–water partition coefficient (Wildman–Crippen LogP) is 9.82. The SMILES string of the molecule is CC(C)(CC(=O)O[C@H]1CC[C@]2(C)[C@H]3CC[C@@H]4C5[C@H](C6(C)CC6)CC[C@]5(C(=O)NC5CC(C(=O)N6CCCCC6)C5(C)C)CC[C@@]4(C)[C@]3(C)CC[C@H]2C1(C)C)C(=O)O. The highest BCUT2D eigenvalue weighted by molar-refractivity contribution is 5.86. The number of amides is 2. The van der Waals surface area contributed by atoms with Gasteiger partial charge in [0.15, 0.2) is 0 Å². The first-order valence-electron chi connectivity index (χ1n) is 23.5. The largest absolute Gasteiger partial charge is 0.481 e. The molecule has 12 atom stereocenters. The van der Waals surface area contributed by atoms with Gasteiger partial charge >= 0.3 is 11.9 Å². The molecule has 2 amide bonds. The lowest BCUT2D eigenvalue weighted by molar-refractivity contribution is -0.251. The van der Waals surface area contributed by atoms with Crippen LogP contribution in [0.4, 0.5) is 0 Å². The van der Waals surface area contributed by atoms with Crippen LogP contribution < -0.4 is 5.32 Å². The van der Waals surface area contributed by atoms with Gasteiger partial charge in [0, 0.05) is 30.5 Å². The van der Waals surface area contributed by atoms with E-state index in [1.165, 1.54) is 38.5 Å². The van der Waals surface area contributed by atoms with E-state index in [1.54, 1.807) is 13.8 Å². The van der Waals surface area contributed by atoms with E-state index in [0.717, 1.165) is 77.3 Å². The number of carbonyl (C=O) groups excluding carboxylic acids is 3. The molecule has 8 heteroatoms. The topological polar surface area (TPSA) is 113 Å². The van der Waals surface area contributed by atoms with Crippen molar-refractivity contribution in [2.24, 2.45) is 78.8 Å². The number of hydrogen-bond donors (Lipinski definition) is 2. The molecule has 320 valence electrons. The summed E-state index contributed by atoms with van der Waals surface area (Å²) < 4.78 is 6.22. The van der Waals surface area contributed by atoms with Gasteiger partial charge in [-0.15, -0.1) is 0 Å². The van der Waals surface area contributed by atoms with Gasteiger partial charge in [0.2, 0.25) is 11.8 Å². The van der Waals surface area contributed by atoms with E-state index in [-0.39, 0.29) is 57.0 Å². The minimum atomic E-state index is -1.15. The fourth-order valence-electron chi connectivity index (χ4n) is 16.4. The number of carbonyl (C=O) groups is 4. The molecule has 8 aliphatic rings. The monoisotopic (exact) mass is 791 g/mol. The number of esters is 1. The molecule has 7 saturated carbocycles. The quantitative estimate of drug-likeness (QED) is 0.237. The zero-order valence-electron chi connectivity index (χ0n) is 37.5. The molecule has 8 rings (SSSR count). The summed E-state index contributed by atoms with van der Waals surface area (Å²) in [5.74, 6) is 1.75. The van der Waals surface area contributed by atoms with Crippen LogP contribution in [0.25, 0.3) is 0 Å². The molecular weight excluding hydrogens is 713 g/mol. The maximum absolute atomic E-state index is 15.2. The third-order valence-electron chi connectivity index (χ3n) is 20.7. The number of aliphatic carboxylic acids is 1. The molecule has 0 aromatic carbocycles. The minimum Gasteiger partial charge on any atom is -0.481 e. The van der Waals surface area contributed by atoms with Crippen molar-refractivity contribution in [3.8, 4) is 0 Å². The van der Waals surface area contributed by atoms with Gasteiger partial charge in [-0.05, 0) is 173 Å². The number of nitrogens with zero attached hydrogens (tertiary/aromatic N) is 1. The number of ether oxygens (including phenoxy) is 1. The van der Waals surface area contributed by atoms with Gasteiger partial charge < -0.3 is 20.1 Å². The number of fused-ring (bicyclic) bond motifs is 7. The molecule has 0 aromatic heterocycles. The molecule has 1 heterocycles. The molecule has 1 aliphatic heterocycles. The zero-order chi connectivity index (χ0) is 41.4. The Bertz CT molecular complexity index is 1660. The van der Waals surface area contributed by atoms with Gasteiger partial charge in [-0.3, -0.25) is 19.2 Å². The van der Waals surface area contributed by atoms with Crippen molar-refractivity contribution in [1.82, 2.24) is 10.2 Å². The van der Waals surface area contributed by atoms with Crippen molar-refractivity contribution in [3.63, 3.8) is 0 Å². The van der Waals surface area contributed by atoms with Gasteiger partial charge in [-0.25, -0.2) is 0 Å². The van der Waals surface area contributed by atoms with Gasteiger partial charge in [-0.2, -0.15) is 0 Å². The van der Waals surface area contributed by atoms with E-state index in [4.69, 9.17) is 4.74 Å². The second kappa shape index (κ2) is 13.4. The molecule has 57 heavy (non-hydrogen) atoms. The second-order valence-electron chi connectivity index (χ2n) is 24.4. The normalized spacial score (nSPS) is 45.2. The lowest BCUT2D eigenvalue weighted by atomic mass is 9.32. The Balaban J connectivity index is 1.02. The maximum atomic E-state index is 15.2. The van der Waals surface area contributed by atoms with Crippen LogP contribution in [0.2, 0.25) is 0 Å². The fourth-order valence-corrected chi connectivity index (χ4v) is 16.4. The molecule has 0 radical (unpaired) electrons. The molecule has 8 fully saturated rings. The van der Waals surface area contributed by atoms with Crippen LogP contribution in [-0.4, -0.2) is 59.0 Å². The van der Waals surface area contributed by atoms with Crippen LogP contribution in [0, 0.1) is 78.8 Å². The summed E-state index contributed by atoms with van der Waals surface area (Å²) >= 11 is 0. The number of hydrogen-bond acceptors (Lipinski definition) is 5. The van der Waals surface area contributed by atoms with Crippen LogP contribution >= 0.6 is 0 Å². The number of piperidine rings is 1. The fraction of sp³-hybridized carbons (Fsp3) is 0.918. The Morgan fingerprint density at radius 1 is 0.719 bits per heavy atom. The van der Waals surface area contributed by atoms with Crippen molar-refractivity contribution in [1.29, 1.82) is 0 Å². The summed E-state index contributed by atoms with van der Waals surface area (Å²) in [6, 6.07) is 0.0486. The molecular formula is C49H78N2O6. The molecule has 0 aromatic rings.